The number of rotatable bonds is 6. The van der Waals surface area contributed by atoms with Gasteiger partial charge in [-0.15, -0.1) is 0 Å². The lowest BCUT2D eigenvalue weighted by Crippen LogP contribution is -2.47. The highest BCUT2D eigenvalue weighted by Gasteiger charge is 2.29. The zero-order chi connectivity index (χ0) is 21.3. The minimum Gasteiger partial charge on any atom is -0.394 e. The van der Waals surface area contributed by atoms with Crippen LogP contribution >= 0.6 is 0 Å². The molecule has 1 fully saturated rings. The van der Waals surface area contributed by atoms with Gasteiger partial charge in [-0.2, -0.15) is 4.98 Å². The van der Waals surface area contributed by atoms with Crippen LogP contribution in [0.15, 0.2) is 29.2 Å². The van der Waals surface area contributed by atoms with E-state index in [1.165, 1.54) is 11.3 Å². The number of hydrogen-bond acceptors (Lipinski definition) is 7. The number of fused-ring (bicyclic) bond motifs is 1. The van der Waals surface area contributed by atoms with Gasteiger partial charge in [0, 0.05) is 44.0 Å². The van der Waals surface area contributed by atoms with Gasteiger partial charge in [-0.05, 0) is 24.5 Å². The van der Waals surface area contributed by atoms with Gasteiger partial charge in [0.05, 0.1) is 29.1 Å². The van der Waals surface area contributed by atoms with Crippen LogP contribution in [0.3, 0.4) is 0 Å². The number of nitrogens with one attached hydrogen (secondary N) is 1. The maximum atomic E-state index is 12.6. The lowest BCUT2D eigenvalue weighted by atomic mass is 10.1. The van der Waals surface area contributed by atoms with Gasteiger partial charge in [-0.3, -0.25) is 4.21 Å². The number of aliphatic hydroxyl groups is 1. The highest BCUT2D eigenvalue weighted by Crippen LogP contribution is 2.31. The molecular weight excluding hydrogens is 398 g/mol. The second-order valence-electron chi connectivity index (χ2n) is 8.39. The fourth-order valence-electron chi connectivity index (χ4n) is 4.09. The minimum atomic E-state index is -1.08. The van der Waals surface area contributed by atoms with Crippen molar-refractivity contribution in [2.45, 2.75) is 38.1 Å². The molecule has 7 nitrogen and oxygen atoms in total. The molecule has 1 saturated heterocycles. The van der Waals surface area contributed by atoms with E-state index in [1.807, 2.05) is 0 Å². The number of anilines is 3. The van der Waals surface area contributed by atoms with Gasteiger partial charge in [0.25, 0.3) is 0 Å². The average molecular weight is 430 g/mol. The SMILES string of the molecule is Cc1ccccc1N1CCN(c2nc3c(c(N[C@@H](CO)C(C)C)n2)S(=O)CC3)CC1. The quantitative estimate of drug-likeness (QED) is 0.729. The van der Waals surface area contributed by atoms with Crippen LogP contribution in [0, 0.1) is 12.8 Å². The minimum absolute atomic E-state index is 0.00745. The smallest absolute Gasteiger partial charge is 0.227 e. The van der Waals surface area contributed by atoms with Crippen LogP contribution in [0.2, 0.25) is 0 Å². The Morgan fingerprint density at radius 2 is 1.83 bits per heavy atom. The molecule has 30 heavy (non-hydrogen) atoms. The molecule has 2 aliphatic heterocycles. The van der Waals surface area contributed by atoms with Crippen molar-refractivity contribution >= 4 is 28.3 Å². The van der Waals surface area contributed by atoms with Crippen LogP contribution < -0.4 is 15.1 Å². The Hall–Kier alpha value is -2.19. The van der Waals surface area contributed by atoms with E-state index in [0.717, 1.165) is 36.8 Å². The summed E-state index contributed by atoms with van der Waals surface area (Å²) in [6.07, 6.45) is 0.709. The van der Waals surface area contributed by atoms with Crippen LogP contribution in [0.5, 0.6) is 0 Å². The number of aromatic nitrogens is 2. The number of nitrogens with zero attached hydrogens (tertiary/aromatic N) is 4. The molecule has 162 valence electrons. The van der Waals surface area contributed by atoms with Gasteiger partial charge in [0.15, 0.2) is 0 Å². The normalized spacial score (nSPS) is 19.8. The number of hydrogen-bond donors (Lipinski definition) is 2. The Morgan fingerprint density at radius 3 is 2.50 bits per heavy atom. The molecule has 2 N–H and O–H groups in total. The third-order valence-electron chi connectivity index (χ3n) is 6.02. The van der Waals surface area contributed by atoms with Gasteiger partial charge >= 0.3 is 0 Å². The predicted molar refractivity (Wildman–Crippen MR) is 122 cm³/mol. The summed E-state index contributed by atoms with van der Waals surface area (Å²) in [7, 11) is -1.08. The van der Waals surface area contributed by atoms with E-state index in [0.29, 0.717) is 23.9 Å². The van der Waals surface area contributed by atoms with Crippen molar-refractivity contribution in [1.82, 2.24) is 9.97 Å². The number of benzene rings is 1. The Morgan fingerprint density at radius 1 is 1.13 bits per heavy atom. The molecule has 0 radical (unpaired) electrons. The number of para-hydroxylation sites is 1. The van der Waals surface area contributed by atoms with Gasteiger partial charge < -0.3 is 20.2 Å². The van der Waals surface area contributed by atoms with Gasteiger partial charge in [-0.25, -0.2) is 4.98 Å². The van der Waals surface area contributed by atoms with E-state index < -0.39 is 10.8 Å². The topological polar surface area (TPSA) is 81.6 Å². The van der Waals surface area contributed by atoms with Crippen LogP contribution in [0.4, 0.5) is 17.5 Å². The second-order valence-corrected chi connectivity index (χ2v) is 9.89. The van der Waals surface area contributed by atoms with Gasteiger partial charge in [0.1, 0.15) is 10.7 Å². The molecule has 0 aliphatic carbocycles. The van der Waals surface area contributed by atoms with Crippen molar-refractivity contribution in [3.63, 3.8) is 0 Å². The predicted octanol–water partition coefficient (Wildman–Crippen LogP) is 2.20. The van der Waals surface area contributed by atoms with Crippen LogP contribution in [-0.2, 0) is 17.2 Å². The van der Waals surface area contributed by atoms with Gasteiger partial charge in [-0.1, -0.05) is 32.0 Å². The molecule has 1 aromatic carbocycles. The summed E-state index contributed by atoms with van der Waals surface area (Å²) in [5.74, 6) is 2.14. The summed E-state index contributed by atoms with van der Waals surface area (Å²) >= 11 is 0. The third kappa shape index (κ3) is 4.16. The van der Waals surface area contributed by atoms with Crippen molar-refractivity contribution < 1.29 is 9.32 Å². The van der Waals surface area contributed by atoms with Crippen molar-refractivity contribution in [3.8, 4) is 0 Å². The molecule has 2 atom stereocenters. The lowest BCUT2D eigenvalue weighted by Gasteiger charge is -2.37. The first-order valence-corrected chi connectivity index (χ1v) is 12.0. The summed E-state index contributed by atoms with van der Waals surface area (Å²) in [6, 6.07) is 8.35. The molecule has 8 heteroatoms. The van der Waals surface area contributed by atoms with Crippen LogP contribution in [0.1, 0.15) is 25.1 Å². The maximum absolute atomic E-state index is 12.6. The molecule has 0 bridgehead atoms. The Bertz CT molecular complexity index is 928. The van der Waals surface area contributed by atoms with E-state index >= 15 is 0 Å². The molecule has 0 amide bonds. The van der Waals surface area contributed by atoms with E-state index in [-0.39, 0.29) is 18.6 Å². The van der Waals surface area contributed by atoms with Crippen molar-refractivity contribution in [2.75, 3.05) is 53.7 Å². The molecule has 0 spiro atoms. The molecule has 4 rings (SSSR count). The monoisotopic (exact) mass is 429 g/mol. The molecule has 1 aromatic heterocycles. The first kappa shape index (κ1) is 21.1. The molecular formula is C22H31N5O2S. The molecule has 1 unspecified atom stereocenters. The van der Waals surface area contributed by atoms with Crippen molar-refractivity contribution in [3.05, 3.63) is 35.5 Å². The molecule has 2 aromatic rings. The Labute approximate surface area is 181 Å². The summed E-state index contributed by atoms with van der Waals surface area (Å²) in [4.78, 5) is 14.9. The Kier molecular flexibility index (Phi) is 6.24. The summed E-state index contributed by atoms with van der Waals surface area (Å²) in [5.41, 5.74) is 3.45. The van der Waals surface area contributed by atoms with E-state index in [1.54, 1.807) is 0 Å². The summed E-state index contributed by atoms with van der Waals surface area (Å²) in [6.45, 7) is 9.75. The zero-order valence-corrected chi connectivity index (χ0v) is 18.8. The highest BCUT2D eigenvalue weighted by molar-refractivity contribution is 7.85. The number of piperazine rings is 1. The zero-order valence-electron chi connectivity index (χ0n) is 18.0. The summed E-state index contributed by atoms with van der Waals surface area (Å²) < 4.78 is 12.6. The maximum Gasteiger partial charge on any atom is 0.227 e. The third-order valence-corrected chi connectivity index (χ3v) is 7.48. The van der Waals surface area contributed by atoms with Crippen LogP contribution in [0.25, 0.3) is 0 Å². The lowest BCUT2D eigenvalue weighted by molar-refractivity contribution is 0.249. The van der Waals surface area contributed by atoms with E-state index in [9.17, 15) is 9.32 Å². The fourth-order valence-corrected chi connectivity index (χ4v) is 5.40. The van der Waals surface area contributed by atoms with E-state index in [4.69, 9.17) is 9.97 Å². The van der Waals surface area contributed by atoms with Gasteiger partial charge in [0.2, 0.25) is 5.95 Å². The largest absolute Gasteiger partial charge is 0.394 e. The molecule has 3 heterocycles. The fraction of sp³-hybridized carbons (Fsp3) is 0.545. The number of aryl methyl sites for hydroxylation is 2. The molecule has 2 aliphatic rings. The van der Waals surface area contributed by atoms with Crippen LogP contribution in [-0.4, -0.2) is 63.9 Å². The first-order chi connectivity index (χ1) is 14.5. The second kappa shape index (κ2) is 8.89. The highest BCUT2D eigenvalue weighted by atomic mass is 32.2. The average Bonchev–Trinajstić information content (AvgIpc) is 3.13. The van der Waals surface area contributed by atoms with Crippen molar-refractivity contribution in [1.29, 1.82) is 0 Å². The van der Waals surface area contributed by atoms with Crippen molar-refractivity contribution in [2.24, 2.45) is 5.92 Å². The standard InChI is InChI=1S/C22H31N5O2S/c1-15(2)18(14-28)23-21-20-17(8-13-30(20)29)24-22(25-21)27-11-9-26(10-12-27)19-7-5-4-6-16(19)3/h4-7,15,18,28H,8-14H2,1-3H3,(H,23,24,25)/t18-,30?/m0/s1. The van der Waals surface area contributed by atoms with E-state index in [2.05, 4.69) is 60.2 Å². The Balaban J connectivity index is 1.56. The molecule has 0 saturated carbocycles. The summed E-state index contributed by atoms with van der Waals surface area (Å²) in [5, 5.41) is 13.1. The number of aliphatic hydroxyl groups excluding tert-OH is 1. The first-order valence-electron chi connectivity index (χ1n) is 10.7.